The van der Waals surface area contributed by atoms with Gasteiger partial charge in [-0.05, 0) is 35.1 Å². The monoisotopic (exact) mass is 285 g/mol. The van der Waals surface area contributed by atoms with E-state index in [9.17, 15) is 5.11 Å². The summed E-state index contributed by atoms with van der Waals surface area (Å²) in [5.74, 6) is 0.751. The van der Waals surface area contributed by atoms with Gasteiger partial charge < -0.3 is 15.2 Å². The van der Waals surface area contributed by atoms with E-state index in [1.54, 1.807) is 0 Å². The van der Waals surface area contributed by atoms with Crippen LogP contribution in [0.4, 0.5) is 0 Å². The summed E-state index contributed by atoms with van der Waals surface area (Å²) in [4.78, 5) is 0. The lowest BCUT2D eigenvalue weighted by Gasteiger charge is -2.13. The third-order valence-electron chi connectivity index (χ3n) is 3.94. The van der Waals surface area contributed by atoms with Gasteiger partial charge in [-0.25, -0.2) is 0 Å². The average Bonchev–Trinajstić information content (AvgIpc) is 3.32. The zero-order valence-electron chi connectivity index (χ0n) is 12.3. The molecule has 0 aliphatic heterocycles. The molecule has 21 heavy (non-hydrogen) atoms. The van der Waals surface area contributed by atoms with Crippen molar-refractivity contribution in [1.82, 2.24) is 5.32 Å². The summed E-state index contributed by atoms with van der Waals surface area (Å²) in [7, 11) is 0. The summed E-state index contributed by atoms with van der Waals surface area (Å²) in [6, 6.07) is 14.7. The van der Waals surface area contributed by atoms with Crippen LogP contribution < -0.4 is 5.32 Å². The van der Waals surface area contributed by atoms with Gasteiger partial charge in [-0.2, -0.15) is 0 Å². The number of aliphatic hydroxyl groups is 1. The molecule has 0 amide bonds. The van der Waals surface area contributed by atoms with Crippen molar-refractivity contribution in [3.05, 3.63) is 48.0 Å². The van der Waals surface area contributed by atoms with Gasteiger partial charge in [0.25, 0.3) is 0 Å². The predicted octanol–water partition coefficient (Wildman–Crippen LogP) is 2.72. The van der Waals surface area contributed by atoms with Crippen molar-refractivity contribution in [2.24, 2.45) is 5.92 Å². The van der Waals surface area contributed by atoms with Crippen LogP contribution in [0.15, 0.2) is 42.5 Å². The van der Waals surface area contributed by atoms with Crippen molar-refractivity contribution in [2.75, 3.05) is 19.8 Å². The number of ether oxygens (including phenoxy) is 1. The minimum absolute atomic E-state index is 0.430. The molecular formula is C18H23NO2. The summed E-state index contributed by atoms with van der Waals surface area (Å²) < 4.78 is 5.50. The third-order valence-corrected chi connectivity index (χ3v) is 3.94. The summed E-state index contributed by atoms with van der Waals surface area (Å²) >= 11 is 0. The molecule has 1 aliphatic rings. The Hall–Kier alpha value is -1.42. The zero-order chi connectivity index (χ0) is 14.5. The van der Waals surface area contributed by atoms with Gasteiger partial charge in [-0.1, -0.05) is 42.5 Å². The molecule has 0 bridgehead atoms. The number of nitrogens with one attached hydrogen (secondary N) is 1. The van der Waals surface area contributed by atoms with Crippen LogP contribution >= 0.6 is 0 Å². The Morgan fingerprint density at radius 3 is 2.81 bits per heavy atom. The Morgan fingerprint density at radius 2 is 1.95 bits per heavy atom. The number of aliphatic hydroxyl groups excluding tert-OH is 1. The van der Waals surface area contributed by atoms with Crippen LogP contribution in [0.1, 0.15) is 18.4 Å². The molecule has 112 valence electrons. The molecule has 2 aromatic rings. The molecule has 2 N–H and O–H groups in total. The van der Waals surface area contributed by atoms with Crippen LogP contribution in [0, 0.1) is 5.92 Å². The van der Waals surface area contributed by atoms with E-state index in [1.807, 2.05) is 0 Å². The van der Waals surface area contributed by atoms with E-state index in [2.05, 4.69) is 47.8 Å². The highest BCUT2D eigenvalue weighted by atomic mass is 16.5. The van der Waals surface area contributed by atoms with Crippen LogP contribution in [-0.2, 0) is 11.3 Å². The smallest absolute Gasteiger partial charge is 0.0897 e. The number of fused-ring (bicyclic) bond motifs is 1. The molecule has 3 nitrogen and oxygen atoms in total. The SMILES string of the molecule is OC(CNCc1cccc2ccccc12)COCC1CC1. The maximum absolute atomic E-state index is 9.89. The molecule has 1 aliphatic carbocycles. The molecule has 1 unspecified atom stereocenters. The Bertz CT molecular complexity index is 575. The fraction of sp³-hybridized carbons (Fsp3) is 0.444. The number of hydrogen-bond donors (Lipinski definition) is 2. The van der Waals surface area contributed by atoms with Crippen molar-refractivity contribution in [1.29, 1.82) is 0 Å². The van der Waals surface area contributed by atoms with E-state index >= 15 is 0 Å². The van der Waals surface area contributed by atoms with Gasteiger partial charge in [0, 0.05) is 19.7 Å². The Labute approximate surface area is 125 Å². The molecule has 1 fully saturated rings. The second-order valence-electron chi connectivity index (χ2n) is 5.90. The van der Waals surface area contributed by atoms with E-state index < -0.39 is 6.10 Å². The second-order valence-corrected chi connectivity index (χ2v) is 5.90. The van der Waals surface area contributed by atoms with Gasteiger partial charge in [0.05, 0.1) is 12.7 Å². The van der Waals surface area contributed by atoms with Crippen molar-refractivity contribution in [3.63, 3.8) is 0 Å². The van der Waals surface area contributed by atoms with Crippen molar-refractivity contribution >= 4 is 10.8 Å². The predicted molar refractivity (Wildman–Crippen MR) is 85.2 cm³/mol. The van der Waals surface area contributed by atoms with Crippen LogP contribution in [0.2, 0.25) is 0 Å². The molecule has 0 spiro atoms. The van der Waals surface area contributed by atoms with E-state index in [0.29, 0.717) is 13.2 Å². The lowest BCUT2D eigenvalue weighted by molar-refractivity contribution is 0.0324. The van der Waals surface area contributed by atoms with Crippen LogP contribution in [0.3, 0.4) is 0 Å². The molecule has 0 heterocycles. The lowest BCUT2D eigenvalue weighted by atomic mass is 10.0. The molecule has 0 aromatic heterocycles. The van der Waals surface area contributed by atoms with E-state index in [0.717, 1.165) is 19.1 Å². The minimum Gasteiger partial charge on any atom is -0.389 e. The fourth-order valence-corrected chi connectivity index (χ4v) is 2.53. The normalized spacial score (nSPS) is 16.2. The highest BCUT2D eigenvalue weighted by Gasteiger charge is 2.21. The molecule has 1 atom stereocenters. The summed E-state index contributed by atoms with van der Waals surface area (Å²) in [6.45, 7) is 2.56. The first-order chi connectivity index (χ1) is 10.3. The molecule has 2 aromatic carbocycles. The topological polar surface area (TPSA) is 41.5 Å². The van der Waals surface area contributed by atoms with Crippen molar-refractivity contribution in [3.8, 4) is 0 Å². The van der Waals surface area contributed by atoms with Crippen molar-refractivity contribution < 1.29 is 9.84 Å². The highest BCUT2D eigenvalue weighted by molar-refractivity contribution is 5.85. The van der Waals surface area contributed by atoms with Gasteiger partial charge in [-0.3, -0.25) is 0 Å². The Balaban J connectivity index is 1.45. The van der Waals surface area contributed by atoms with E-state index in [-0.39, 0.29) is 0 Å². The summed E-state index contributed by atoms with van der Waals surface area (Å²) in [6.07, 6.45) is 2.14. The third kappa shape index (κ3) is 4.27. The second kappa shape index (κ2) is 7.03. The maximum Gasteiger partial charge on any atom is 0.0897 e. The van der Waals surface area contributed by atoms with Crippen LogP contribution in [0.5, 0.6) is 0 Å². The first-order valence-electron chi connectivity index (χ1n) is 7.76. The first-order valence-corrected chi connectivity index (χ1v) is 7.76. The summed E-state index contributed by atoms with van der Waals surface area (Å²) in [5.41, 5.74) is 1.26. The average molecular weight is 285 g/mol. The van der Waals surface area contributed by atoms with Crippen LogP contribution in [-0.4, -0.2) is 31.0 Å². The van der Waals surface area contributed by atoms with E-state index in [4.69, 9.17) is 4.74 Å². The minimum atomic E-state index is -0.432. The lowest BCUT2D eigenvalue weighted by Crippen LogP contribution is -2.30. The van der Waals surface area contributed by atoms with E-state index in [1.165, 1.54) is 29.2 Å². The number of hydrogen-bond acceptors (Lipinski definition) is 3. The van der Waals surface area contributed by atoms with Gasteiger partial charge in [0.1, 0.15) is 0 Å². The van der Waals surface area contributed by atoms with Gasteiger partial charge in [-0.15, -0.1) is 0 Å². The highest BCUT2D eigenvalue weighted by Crippen LogP contribution is 2.28. The first kappa shape index (κ1) is 14.5. The van der Waals surface area contributed by atoms with Crippen LogP contribution in [0.25, 0.3) is 10.8 Å². The molecular weight excluding hydrogens is 262 g/mol. The number of benzene rings is 2. The molecule has 3 heteroatoms. The van der Waals surface area contributed by atoms with Gasteiger partial charge in [0.15, 0.2) is 0 Å². The fourth-order valence-electron chi connectivity index (χ4n) is 2.53. The molecule has 1 saturated carbocycles. The molecule has 3 rings (SSSR count). The molecule has 0 radical (unpaired) electrons. The standard InChI is InChI=1S/C18H23NO2/c20-17(13-21-12-14-8-9-14)11-19-10-16-6-3-5-15-4-1-2-7-18(15)16/h1-7,14,17,19-20H,8-13H2. The Morgan fingerprint density at radius 1 is 1.14 bits per heavy atom. The van der Waals surface area contributed by atoms with Gasteiger partial charge in [0.2, 0.25) is 0 Å². The van der Waals surface area contributed by atoms with Gasteiger partial charge >= 0.3 is 0 Å². The molecule has 0 saturated heterocycles. The Kier molecular flexibility index (Phi) is 4.86. The summed E-state index contributed by atoms with van der Waals surface area (Å²) in [5, 5.41) is 15.7. The quantitative estimate of drug-likeness (QED) is 0.783. The maximum atomic E-state index is 9.89. The zero-order valence-corrected chi connectivity index (χ0v) is 12.3. The largest absolute Gasteiger partial charge is 0.389 e. The van der Waals surface area contributed by atoms with Crippen molar-refractivity contribution in [2.45, 2.75) is 25.5 Å². The number of rotatable bonds is 8.